The Balaban J connectivity index is 5.15. The molecule has 0 bridgehead atoms. The minimum absolute atomic E-state index is 0.0117. The second kappa shape index (κ2) is 11.2. The molecule has 0 fully saturated rings. The van der Waals surface area contributed by atoms with Crippen LogP contribution in [-0.4, -0.2) is 35.5 Å². The second-order valence-corrected chi connectivity index (χ2v) is 8.31. The molecule has 6 heteroatoms. The Labute approximate surface area is 158 Å². The summed E-state index contributed by atoms with van der Waals surface area (Å²) < 4.78 is 5.27. The maximum Gasteiger partial charge on any atom is 0.408 e. The number of ketones is 1. The van der Waals surface area contributed by atoms with E-state index in [0.717, 1.165) is 12.8 Å². The Bertz CT molecular complexity index is 469. The Hall–Kier alpha value is -1.59. The third-order valence-corrected chi connectivity index (χ3v) is 4.26. The minimum atomic E-state index is -0.741. The van der Waals surface area contributed by atoms with Crippen molar-refractivity contribution in [3.63, 3.8) is 0 Å². The van der Waals surface area contributed by atoms with Crippen LogP contribution in [-0.2, 0) is 14.3 Å². The van der Waals surface area contributed by atoms with E-state index in [1.807, 2.05) is 34.6 Å². The van der Waals surface area contributed by atoms with Crippen LogP contribution in [0.2, 0.25) is 0 Å². The van der Waals surface area contributed by atoms with Crippen LogP contribution in [0, 0.1) is 11.8 Å². The molecule has 0 aliphatic carbocycles. The highest BCUT2D eigenvalue weighted by atomic mass is 16.6. The first-order chi connectivity index (χ1) is 11.9. The van der Waals surface area contributed by atoms with Gasteiger partial charge in [0.2, 0.25) is 5.91 Å². The average molecular weight is 371 g/mol. The summed E-state index contributed by atoms with van der Waals surface area (Å²) in [6.07, 6.45) is 2.27. The molecule has 0 aromatic carbocycles. The predicted octanol–water partition coefficient (Wildman–Crippen LogP) is 3.83. The monoisotopic (exact) mass is 370 g/mol. The van der Waals surface area contributed by atoms with Crippen molar-refractivity contribution in [1.29, 1.82) is 0 Å². The molecule has 2 N–H and O–H groups in total. The van der Waals surface area contributed by atoms with Crippen molar-refractivity contribution in [3.8, 4) is 0 Å². The molecule has 0 saturated heterocycles. The van der Waals surface area contributed by atoms with Gasteiger partial charge in [0, 0.05) is 6.42 Å². The highest BCUT2D eigenvalue weighted by Crippen LogP contribution is 2.14. The molecule has 0 saturated carbocycles. The number of unbranched alkanes of at least 4 members (excludes halogenated alkanes) is 1. The van der Waals surface area contributed by atoms with Gasteiger partial charge >= 0.3 is 6.09 Å². The van der Waals surface area contributed by atoms with Gasteiger partial charge in [-0.05, 0) is 39.0 Å². The summed E-state index contributed by atoms with van der Waals surface area (Å²) in [5.41, 5.74) is -0.642. The van der Waals surface area contributed by atoms with E-state index >= 15 is 0 Å². The number of amides is 2. The average Bonchev–Trinajstić information content (AvgIpc) is 2.52. The van der Waals surface area contributed by atoms with Crippen molar-refractivity contribution < 1.29 is 19.1 Å². The summed E-state index contributed by atoms with van der Waals surface area (Å²) in [7, 11) is 0. The van der Waals surface area contributed by atoms with E-state index in [-0.39, 0.29) is 23.5 Å². The number of hydrogen-bond donors (Lipinski definition) is 2. The molecule has 0 aromatic heterocycles. The molecule has 0 heterocycles. The number of carbonyl (C=O) groups is 3. The lowest BCUT2D eigenvalue weighted by molar-refractivity contribution is -0.130. The molecule has 2 amide bonds. The van der Waals surface area contributed by atoms with Crippen molar-refractivity contribution in [2.24, 2.45) is 11.8 Å². The standard InChI is InChI=1S/C20H38N2O4/c1-9-11-12-15(23)16(13(3)4)21-18(24)17(14(5)10-2)22-19(25)26-20(6,7)8/h13-14,16-17H,9-12H2,1-8H3,(H,21,24)(H,22,25). The molecule has 0 aromatic rings. The summed E-state index contributed by atoms with van der Waals surface area (Å²) in [5.74, 6) is -0.396. The van der Waals surface area contributed by atoms with E-state index in [4.69, 9.17) is 4.74 Å². The number of carbonyl (C=O) groups excluding carboxylic acids is 3. The van der Waals surface area contributed by atoms with Gasteiger partial charge in [0.25, 0.3) is 0 Å². The molecule has 3 atom stereocenters. The first-order valence-corrected chi connectivity index (χ1v) is 9.75. The molecule has 0 aliphatic heterocycles. The third-order valence-electron chi connectivity index (χ3n) is 4.26. The van der Waals surface area contributed by atoms with E-state index in [2.05, 4.69) is 10.6 Å². The van der Waals surface area contributed by atoms with Gasteiger partial charge in [-0.3, -0.25) is 9.59 Å². The fourth-order valence-corrected chi connectivity index (χ4v) is 2.50. The van der Waals surface area contributed by atoms with Gasteiger partial charge in [0.15, 0.2) is 5.78 Å². The summed E-state index contributed by atoms with van der Waals surface area (Å²) >= 11 is 0. The van der Waals surface area contributed by atoms with Crippen LogP contribution in [0.25, 0.3) is 0 Å². The fraction of sp³-hybridized carbons (Fsp3) is 0.850. The lowest BCUT2D eigenvalue weighted by Gasteiger charge is -2.29. The molecular weight excluding hydrogens is 332 g/mol. The lowest BCUT2D eigenvalue weighted by atomic mass is 9.94. The highest BCUT2D eigenvalue weighted by Gasteiger charge is 2.32. The van der Waals surface area contributed by atoms with Crippen molar-refractivity contribution in [3.05, 3.63) is 0 Å². The van der Waals surface area contributed by atoms with Gasteiger partial charge in [-0.2, -0.15) is 0 Å². The largest absolute Gasteiger partial charge is 0.444 e. The molecule has 0 rings (SSSR count). The van der Waals surface area contributed by atoms with Crippen LogP contribution in [0.4, 0.5) is 4.79 Å². The first kappa shape index (κ1) is 24.4. The van der Waals surface area contributed by atoms with Crippen LogP contribution in [0.5, 0.6) is 0 Å². The van der Waals surface area contributed by atoms with E-state index in [1.54, 1.807) is 20.8 Å². The van der Waals surface area contributed by atoms with Gasteiger partial charge < -0.3 is 15.4 Å². The number of hydrogen-bond acceptors (Lipinski definition) is 4. The van der Waals surface area contributed by atoms with Gasteiger partial charge in [-0.1, -0.05) is 47.5 Å². The van der Waals surface area contributed by atoms with Crippen molar-refractivity contribution >= 4 is 17.8 Å². The molecule has 26 heavy (non-hydrogen) atoms. The topological polar surface area (TPSA) is 84.5 Å². The van der Waals surface area contributed by atoms with Crippen LogP contribution >= 0.6 is 0 Å². The Kier molecular flexibility index (Phi) is 10.5. The van der Waals surface area contributed by atoms with Gasteiger partial charge in [0.05, 0.1) is 6.04 Å². The number of Topliss-reactive ketones (excluding diaryl/α,β-unsaturated/α-hetero) is 1. The zero-order valence-electron chi connectivity index (χ0n) is 17.8. The van der Waals surface area contributed by atoms with Gasteiger partial charge in [-0.15, -0.1) is 0 Å². The van der Waals surface area contributed by atoms with Crippen LogP contribution < -0.4 is 10.6 Å². The van der Waals surface area contributed by atoms with Gasteiger partial charge in [0.1, 0.15) is 11.6 Å². The highest BCUT2D eigenvalue weighted by molar-refractivity contribution is 5.92. The smallest absolute Gasteiger partial charge is 0.408 e. The maximum atomic E-state index is 12.8. The summed E-state index contributed by atoms with van der Waals surface area (Å²) in [6, 6.07) is -1.28. The van der Waals surface area contributed by atoms with E-state index < -0.39 is 23.8 Å². The van der Waals surface area contributed by atoms with Crippen LogP contribution in [0.3, 0.4) is 0 Å². The summed E-state index contributed by atoms with van der Waals surface area (Å²) in [4.78, 5) is 37.3. The molecule has 0 radical (unpaired) electrons. The lowest BCUT2D eigenvalue weighted by Crippen LogP contribution is -2.55. The first-order valence-electron chi connectivity index (χ1n) is 9.75. The zero-order valence-corrected chi connectivity index (χ0v) is 17.8. The Morgan fingerprint density at radius 3 is 1.96 bits per heavy atom. The number of ether oxygens (including phenoxy) is 1. The normalized spacial score (nSPS) is 15.1. The quantitative estimate of drug-likeness (QED) is 0.612. The zero-order chi connectivity index (χ0) is 20.5. The number of alkyl carbamates (subject to hydrolysis) is 1. The minimum Gasteiger partial charge on any atom is -0.444 e. The number of nitrogens with one attached hydrogen (secondary N) is 2. The van der Waals surface area contributed by atoms with Crippen molar-refractivity contribution in [1.82, 2.24) is 10.6 Å². The van der Waals surface area contributed by atoms with Crippen molar-refractivity contribution in [2.75, 3.05) is 0 Å². The van der Waals surface area contributed by atoms with Crippen molar-refractivity contribution in [2.45, 2.75) is 98.8 Å². The SMILES string of the molecule is CCCCC(=O)C(NC(=O)C(NC(=O)OC(C)(C)C)C(C)CC)C(C)C. The molecule has 3 unspecified atom stereocenters. The maximum absolute atomic E-state index is 12.8. The van der Waals surface area contributed by atoms with Crippen LogP contribution in [0.15, 0.2) is 0 Å². The van der Waals surface area contributed by atoms with Crippen LogP contribution in [0.1, 0.15) is 81.1 Å². The Morgan fingerprint density at radius 2 is 1.54 bits per heavy atom. The fourth-order valence-electron chi connectivity index (χ4n) is 2.50. The van der Waals surface area contributed by atoms with E-state index in [9.17, 15) is 14.4 Å². The molecule has 0 spiro atoms. The van der Waals surface area contributed by atoms with Gasteiger partial charge in [-0.25, -0.2) is 4.79 Å². The summed E-state index contributed by atoms with van der Waals surface area (Å²) in [6.45, 7) is 15.0. The summed E-state index contributed by atoms with van der Waals surface area (Å²) in [5, 5.41) is 5.52. The molecule has 152 valence electrons. The molecular formula is C20H38N2O4. The molecule has 0 aliphatic rings. The predicted molar refractivity (Wildman–Crippen MR) is 104 cm³/mol. The third kappa shape index (κ3) is 9.20. The van der Waals surface area contributed by atoms with E-state index in [1.165, 1.54) is 0 Å². The number of rotatable bonds is 10. The molecule has 6 nitrogen and oxygen atoms in total. The van der Waals surface area contributed by atoms with E-state index in [0.29, 0.717) is 12.8 Å². The Morgan fingerprint density at radius 1 is 0.962 bits per heavy atom. The second-order valence-electron chi connectivity index (χ2n) is 8.31.